The van der Waals surface area contributed by atoms with Crippen molar-refractivity contribution in [3.63, 3.8) is 0 Å². The van der Waals surface area contributed by atoms with Gasteiger partial charge in [0.05, 0.1) is 22.5 Å². The SMILES string of the molecule is Cc1cc(I)ccc1Nc1ccc(Cl)cc1C(=O)NC1CC1.Cc1cc(I)ccc1Nc1ccc(F)cc1C(=O)N(C)c1ccccc1. The standard InChI is InChI=1S/C21H18FIN2O.C17H16ClIN2O/c1-14-12-16(23)9-11-19(14)24-20-10-8-15(22)13-18(20)21(26)25(2)17-6-4-3-5-7-17;1-10-8-12(19)3-7-15(10)21-16-6-2-11(18)9-14(16)17(22)20-13-4-5-13/h3-13,24H,1-2H3;2-3,6-9,13,21H,4-5H2,1H3,(H,20,22). The van der Waals surface area contributed by atoms with E-state index in [9.17, 15) is 14.0 Å². The molecule has 1 aliphatic carbocycles. The van der Waals surface area contributed by atoms with Gasteiger partial charge in [-0.15, -0.1) is 0 Å². The molecule has 6 rings (SSSR count). The van der Waals surface area contributed by atoms with Gasteiger partial charge in [-0.2, -0.15) is 0 Å². The van der Waals surface area contributed by atoms with Gasteiger partial charge in [0.1, 0.15) is 5.82 Å². The molecule has 2 amide bonds. The van der Waals surface area contributed by atoms with Gasteiger partial charge >= 0.3 is 0 Å². The summed E-state index contributed by atoms with van der Waals surface area (Å²) >= 11 is 10.6. The van der Waals surface area contributed by atoms with Crippen molar-refractivity contribution in [2.75, 3.05) is 22.6 Å². The predicted molar refractivity (Wildman–Crippen MR) is 212 cm³/mol. The lowest BCUT2D eigenvalue weighted by molar-refractivity contribution is 0.0950. The van der Waals surface area contributed by atoms with Crippen LogP contribution in [-0.4, -0.2) is 24.9 Å². The maximum absolute atomic E-state index is 13.8. The molecule has 246 valence electrons. The minimum absolute atomic E-state index is 0.0735. The number of hydrogen-bond acceptors (Lipinski definition) is 4. The van der Waals surface area contributed by atoms with Crippen LogP contribution < -0.4 is 20.9 Å². The Morgan fingerprint density at radius 2 is 1.27 bits per heavy atom. The van der Waals surface area contributed by atoms with Crippen molar-refractivity contribution in [2.24, 2.45) is 0 Å². The van der Waals surface area contributed by atoms with Gasteiger partial charge in [-0.25, -0.2) is 4.39 Å². The monoisotopic (exact) mass is 886 g/mol. The summed E-state index contributed by atoms with van der Waals surface area (Å²) in [5, 5.41) is 10.2. The molecule has 0 saturated heterocycles. The summed E-state index contributed by atoms with van der Waals surface area (Å²) in [6.07, 6.45) is 2.12. The summed E-state index contributed by atoms with van der Waals surface area (Å²) in [6.45, 7) is 4.04. The van der Waals surface area contributed by atoms with E-state index in [1.54, 1.807) is 25.2 Å². The Bertz CT molecular complexity index is 1950. The highest BCUT2D eigenvalue weighted by Crippen LogP contribution is 2.29. The number of halogens is 4. The van der Waals surface area contributed by atoms with Crippen molar-refractivity contribution < 1.29 is 14.0 Å². The summed E-state index contributed by atoms with van der Waals surface area (Å²) in [6, 6.07) is 31.3. The molecule has 5 aromatic rings. The molecule has 0 atom stereocenters. The van der Waals surface area contributed by atoms with Gasteiger partial charge < -0.3 is 20.9 Å². The fourth-order valence-electron chi connectivity index (χ4n) is 4.88. The molecule has 0 heterocycles. The van der Waals surface area contributed by atoms with E-state index in [1.165, 1.54) is 20.6 Å². The number of carbonyl (C=O) groups is 2. The van der Waals surface area contributed by atoms with Crippen LogP contribution in [0.1, 0.15) is 44.7 Å². The minimum Gasteiger partial charge on any atom is -0.355 e. The van der Waals surface area contributed by atoms with Gasteiger partial charge in [0.2, 0.25) is 0 Å². The highest BCUT2D eigenvalue weighted by atomic mass is 127. The lowest BCUT2D eigenvalue weighted by Crippen LogP contribution is -2.27. The Kier molecular flexibility index (Phi) is 12.0. The second-order valence-corrected chi connectivity index (χ2v) is 14.4. The van der Waals surface area contributed by atoms with Crippen molar-refractivity contribution >= 4 is 97.0 Å². The molecule has 48 heavy (non-hydrogen) atoms. The fourth-order valence-corrected chi connectivity index (χ4v) is 6.35. The van der Waals surface area contributed by atoms with Crippen LogP contribution in [0.15, 0.2) is 103 Å². The van der Waals surface area contributed by atoms with Crippen LogP contribution in [0.5, 0.6) is 0 Å². The molecule has 10 heteroatoms. The summed E-state index contributed by atoms with van der Waals surface area (Å²) in [7, 11) is 1.68. The molecular weight excluding hydrogens is 853 g/mol. The molecule has 0 aromatic heterocycles. The number of aryl methyl sites for hydroxylation is 2. The Hall–Kier alpha value is -3.68. The minimum atomic E-state index is -0.445. The molecule has 6 nitrogen and oxygen atoms in total. The number of amides is 2. The Labute approximate surface area is 312 Å². The molecule has 0 spiro atoms. The number of nitrogens with one attached hydrogen (secondary N) is 3. The number of hydrogen-bond donors (Lipinski definition) is 3. The first-order chi connectivity index (χ1) is 23.0. The fraction of sp³-hybridized carbons (Fsp3) is 0.158. The zero-order valence-corrected chi connectivity index (χ0v) is 31.7. The lowest BCUT2D eigenvalue weighted by atomic mass is 10.1. The smallest absolute Gasteiger partial charge is 0.260 e. The van der Waals surface area contributed by atoms with Gasteiger partial charge in [-0.05, 0) is 168 Å². The largest absolute Gasteiger partial charge is 0.355 e. The Morgan fingerprint density at radius 1 is 0.729 bits per heavy atom. The number of anilines is 5. The zero-order chi connectivity index (χ0) is 34.4. The summed E-state index contributed by atoms with van der Waals surface area (Å²) in [5.74, 6) is -0.795. The molecule has 0 aliphatic heterocycles. The predicted octanol–water partition coefficient (Wildman–Crippen LogP) is 10.6. The maximum atomic E-state index is 13.8. The van der Waals surface area contributed by atoms with Gasteiger partial charge in [0.25, 0.3) is 11.8 Å². The molecule has 1 aliphatic rings. The third-order valence-electron chi connectivity index (χ3n) is 7.71. The van der Waals surface area contributed by atoms with E-state index in [0.29, 0.717) is 22.3 Å². The van der Waals surface area contributed by atoms with E-state index >= 15 is 0 Å². The first-order valence-corrected chi connectivity index (χ1v) is 17.8. The molecule has 0 bridgehead atoms. The molecule has 5 aromatic carbocycles. The molecule has 1 fully saturated rings. The van der Waals surface area contributed by atoms with Gasteiger partial charge in [-0.3, -0.25) is 9.59 Å². The molecule has 3 N–H and O–H groups in total. The third-order valence-corrected chi connectivity index (χ3v) is 9.29. The van der Waals surface area contributed by atoms with Crippen LogP contribution in [-0.2, 0) is 0 Å². The highest BCUT2D eigenvalue weighted by molar-refractivity contribution is 14.1. The zero-order valence-electron chi connectivity index (χ0n) is 26.6. The van der Waals surface area contributed by atoms with Gasteiger partial charge in [-0.1, -0.05) is 29.8 Å². The third kappa shape index (κ3) is 9.48. The van der Waals surface area contributed by atoms with Crippen LogP contribution >= 0.6 is 56.8 Å². The van der Waals surface area contributed by atoms with E-state index in [4.69, 9.17) is 11.6 Å². The second kappa shape index (κ2) is 16.1. The van der Waals surface area contributed by atoms with Crippen molar-refractivity contribution in [2.45, 2.75) is 32.7 Å². The van der Waals surface area contributed by atoms with E-state index in [-0.39, 0.29) is 17.4 Å². The van der Waals surface area contributed by atoms with Gasteiger partial charge in [0.15, 0.2) is 0 Å². The summed E-state index contributed by atoms with van der Waals surface area (Å²) in [4.78, 5) is 26.9. The van der Waals surface area contributed by atoms with E-state index < -0.39 is 5.82 Å². The number of para-hydroxylation sites is 1. The highest BCUT2D eigenvalue weighted by Gasteiger charge is 2.25. The average molecular weight is 887 g/mol. The normalized spacial score (nSPS) is 12.0. The summed E-state index contributed by atoms with van der Waals surface area (Å²) < 4.78 is 16.2. The van der Waals surface area contributed by atoms with Crippen LogP contribution in [0.2, 0.25) is 5.02 Å². The Balaban J connectivity index is 0.000000190. The van der Waals surface area contributed by atoms with Crippen LogP contribution in [0.3, 0.4) is 0 Å². The average Bonchev–Trinajstić information content (AvgIpc) is 3.89. The molecular formula is C38H34ClFI2N4O2. The number of nitrogens with zero attached hydrogens (tertiary/aromatic N) is 1. The van der Waals surface area contributed by atoms with Crippen molar-refractivity contribution in [1.29, 1.82) is 0 Å². The molecule has 1 saturated carbocycles. The number of benzene rings is 5. The Morgan fingerprint density at radius 3 is 1.83 bits per heavy atom. The maximum Gasteiger partial charge on any atom is 0.260 e. The molecule has 0 radical (unpaired) electrons. The first kappa shape index (κ1) is 35.6. The van der Waals surface area contributed by atoms with Crippen molar-refractivity contribution in [1.82, 2.24) is 5.32 Å². The van der Waals surface area contributed by atoms with Gasteiger partial charge in [0, 0.05) is 42.3 Å². The second-order valence-electron chi connectivity index (χ2n) is 11.5. The van der Waals surface area contributed by atoms with E-state index in [2.05, 4.69) is 67.2 Å². The number of carbonyl (C=O) groups excluding carboxylic acids is 2. The number of rotatable bonds is 8. The van der Waals surface area contributed by atoms with Crippen molar-refractivity contribution in [3.05, 3.63) is 143 Å². The first-order valence-electron chi connectivity index (χ1n) is 15.3. The topological polar surface area (TPSA) is 73.5 Å². The summed E-state index contributed by atoms with van der Waals surface area (Å²) in [5.41, 5.74) is 7.02. The lowest BCUT2D eigenvalue weighted by Gasteiger charge is -2.20. The van der Waals surface area contributed by atoms with E-state index in [0.717, 1.165) is 50.3 Å². The van der Waals surface area contributed by atoms with Crippen LogP contribution in [0, 0.1) is 26.8 Å². The van der Waals surface area contributed by atoms with Crippen LogP contribution in [0.25, 0.3) is 0 Å². The van der Waals surface area contributed by atoms with E-state index in [1.807, 2.05) is 80.6 Å². The quantitative estimate of drug-likeness (QED) is 0.136. The van der Waals surface area contributed by atoms with Crippen molar-refractivity contribution in [3.8, 4) is 0 Å². The van der Waals surface area contributed by atoms with Crippen LogP contribution in [0.4, 0.5) is 32.8 Å². The molecule has 0 unspecified atom stereocenters.